The molecule has 2 aromatic rings. The fourth-order valence-corrected chi connectivity index (χ4v) is 6.93. The molecule has 0 bridgehead atoms. The number of nitrogens with zero attached hydrogens (tertiary/aromatic N) is 2. The fraction of sp³-hybridized carbons (Fsp3) is 0.333. The first kappa shape index (κ1) is 17.7. The Morgan fingerprint density at radius 2 is 1.69 bits per heavy atom. The number of benzene rings is 2. The van der Waals surface area contributed by atoms with Gasteiger partial charge < -0.3 is 0 Å². The molecular formula is C18H20N2O4S2. The standard InChI is InChI=1S/C18H20N2O4S2/c1-25(21,22)19-12-11-18(14-19)16-9-5-6-10-17(16)26(23,24)20(18)13-15-7-3-2-4-8-15/h2-10H,11-14H2,1H3. The predicted octanol–water partition coefficient (Wildman–Crippen LogP) is 1.75. The Morgan fingerprint density at radius 3 is 2.35 bits per heavy atom. The highest BCUT2D eigenvalue weighted by Crippen LogP contribution is 2.50. The minimum atomic E-state index is -3.69. The van der Waals surface area contributed by atoms with Crippen LogP contribution in [0.3, 0.4) is 0 Å². The minimum absolute atomic E-state index is 0.148. The molecule has 6 nitrogen and oxygen atoms in total. The molecule has 0 N–H and O–H groups in total. The third kappa shape index (κ3) is 2.60. The molecule has 2 aliphatic rings. The molecule has 2 heterocycles. The Labute approximate surface area is 154 Å². The number of hydrogen-bond acceptors (Lipinski definition) is 4. The molecule has 0 radical (unpaired) electrons. The van der Waals surface area contributed by atoms with Gasteiger partial charge in [0.1, 0.15) is 0 Å². The zero-order chi connectivity index (χ0) is 18.6. The molecule has 0 saturated carbocycles. The van der Waals surface area contributed by atoms with Gasteiger partial charge in [-0.05, 0) is 23.6 Å². The van der Waals surface area contributed by atoms with Gasteiger partial charge in [0.25, 0.3) is 0 Å². The van der Waals surface area contributed by atoms with Crippen molar-refractivity contribution in [3.8, 4) is 0 Å². The molecule has 2 aromatic carbocycles. The van der Waals surface area contributed by atoms with E-state index in [1.54, 1.807) is 12.1 Å². The Hall–Kier alpha value is -1.74. The zero-order valence-electron chi connectivity index (χ0n) is 14.4. The summed E-state index contributed by atoms with van der Waals surface area (Å²) in [5.41, 5.74) is 0.720. The van der Waals surface area contributed by atoms with Crippen LogP contribution >= 0.6 is 0 Å². The molecule has 1 fully saturated rings. The van der Waals surface area contributed by atoms with Gasteiger partial charge in [-0.25, -0.2) is 16.8 Å². The van der Waals surface area contributed by atoms with E-state index >= 15 is 0 Å². The van der Waals surface area contributed by atoms with Crippen LogP contribution in [0, 0.1) is 0 Å². The van der Waals surface area contributed by atoms with Gasteiger partial charge in [0.2, 0.25) is 20.0 Å². The van der Waals surface area contributed by atoms with Crippen LogP contribution in [0.5, 0.6) is 0 Å². The van der Waals surface area contributed by atoms with E-state index < -0.39 is 25.6 Å². The van der Waals surface area contributed by atoms with Gasteiger partial charge in [-0.2, -0.15) is 8.61 Å². The van der Waals surface area contributed by atoms with Crippen molar-refractivity contribution < 1.29 is 16.8 Å². The molecule has 8 heteroatoms. The molecule has 138 valence electrons. The van der Waals surface area contributed by atoms with Crippen molar-refractivity contribution in [3.05, 3.63) is 65.7 Å². The molecule has 1 atom stereocenters. The van der Waals surface area contributed by atoms with Crippen molar-refractivity contribution >= 4 is 20.0 Å². The monoisotopic (exact) mass is 392 g/mol. The highest BCUT2D eigenvalue weighted by atomic mass is 32.2. The third-order valence-corrected chi connectivity index (χ3v) is 8.50. The lowest BCUT2D eigenvalue weighted by molar-refractivity contribution is 0.204. The summed E-state index contributed by atoms with van der Waals surface area (Å²) < 4.78 is 53.5. The van der Waals surface area contributed by atoms with E-state index in [0.717, 1.165) is 5.56 Å². The number of rotatable bonds is 3. The normalized spacial score (nSPS) is 25.6. The quantitative estimate of drug-likeness (QED) is 0.798. The van der Waals surface area contributed by atoms with Crippen LogP contribution in [-0.4, -0.2) is 44.8 Å². The summed E-state index contributed by atoms with van der Waals surface area (Å²) in [5.74, 6) is 0. The van der Waals surface area contributed by atoms with Gasteiger partial charge in [-0.1, -0.05) is 48.5 Å². The second-order valence-corrected chi connectivity index (χ2v) is 10.7. The van der Waals surface area contributed by atoms with E-state index in [-0.39, 0.29) is 18.0 Å². The summed E-state index contributed by atoms with van der Waals surface area (Å²) in [7, 11) is -7.08. The minimum Gasteiger partial charge on any atom is -0.213 e. The SMILES string of the molecule is CS(=O)(=O)N1CCC2(C1)c1ccccc1S(=O)(=O)N2Cc1ccccc1. The van der Waals surface area contributed by atoms with Crippen LogP contribution in [0.25, 0.3) is 0 Å². The lowest BCUT2D eigenvalue weighted by atomic mass is 9.88. The Morgan fingerprint density at radius 1 is 1.04 bits per heavy atom. The maximum absolute atomic E-state index is 13.3. The second kappa shape index (κ2) is 5.88. The highest BCUT2D eigenvalue weighted by molar-refractivity contribution is 7.89. The first-order chi connectivity index (χ1) is 12.2. The topological polar surface area (TPSA) is 74.8 Å². The van der Waals surface area contributed by atoms with Gasteiger partial charge in [-0.3, -0.25) is 0 Å². The number of hydrogen-bond donors (Lipinski definition) is 0. The molecule has 26 heavy (non-hydrogen) atoms. The summed E-state index contributed by atoms with van der Waals surface area (Å²) in [4.78, 5) is 0.284. The van der Waals surface area contributed by atoms with E-state index in [0.29, 0.717) is 18.5 Å². The first-order valence-electron chi connectivity index (χ1n) is 8.37. The van der Waals surface area contributed by atoms with Crippen LogP contribution in [0.2, 0.25) is 0 Å². The Balaban J connectivity index is 1.86. The summed E-state index contributed by atoms with van der Waals surface area (Å²) in [6.07, 6.45) is 1.62. The van der Waals surface area contributed by atoms with Crippen LogP contribution in [0.1, 0.15) is 17.5 Å². The molecule has 0 aliphatic carbocycles. The smallest absolute Gasteiger partial charge is 0.213 e. The molecule has 0 amide bonds. The molecule has 1 spiro atoms. The van der Waals surface area contributed by atoms with E-state index in [4.69, 9.17) is 0 Å². The van der Waals surface area contributed by atoms with Crippen molar-refractivity contribution in [2.75, 3.05) is 19.3 Å². The van der Waals surface area contributed by atoms with Gasteiger partial charge in [-0.15, -0.1) is 0 Å². The van der Waals surface area contributed by atoms with Crippen molar-refractivity contribution in [2.45, 2.75) is 23.4 Å². The van der Waals surface area contributed by atoms with Gasteiger partial charge in [0, 0.05) is 19.6 Å². The molecule has 4 rings (SSSR count). The molecule has 1 unspecified atom stereocenters. The second-order valence-electron chi connectivity index (χ2n) is 6.87. The van der Waals surface area contributed by atoms with Crippen LogP contribution in [0.4, 0.5) is 0 Å². The molecular weight excluding hydrogens is 372 g/mol. The summed E-state index contributed by atoms with van der Waals surface area (Å²) >= 11 is 0. The Bertz CT molecular complexity index is 1050. The van der Waals surface area contributed by atoms with Crippen molar-refractivity contribution in [3.63, 3.8) is 0 Å². The average Bonchev–Trinajstić information content (AvgIpc) is 3.13. The first-order valence-corrected chi connectivity index (χ1v) is 11.7. The van der Waals surface area contributed by atoms with Crippen molar-refractivity contribution in [2.24, 2.45) is 0 Å². The largest absolute Gasteiger partial charge is 0.244 e. The number of fused-ring (bicyclic) bond motifs is 2. The van der Waals surface area contributed by atoms with E-state index in [2.05, 4.69) is 0 Å². The lowest BCUT2D eigenvalue weighted by Crippen LogP contribution is -2.46. The van der Waals surface area contributed by atoms with Crippen LogP contribution in [0.15, 0.2) is 59.5 Å². The number of sulfonamides is 2. The average molecular weight is 393 g/mol. The molecule has 2 aliphatic heterocycles. The van der Waals surface area contributed by atoms with Gasteiger partial charge >= 0.3 is 0 Å². The van der Waals surface area contributed by atoms with E-state index in [1.165, 1.54) is 14.9 Å². The maximum atomic E-state index is 13.3. The summed E-state index contributed by atoms with van der Waals surface area (Å²) in [6.45, 7) is 0.679. The van der Waals surface area contributed by atoms with Crippen LogP contribution in [-0.2, 0) is 32.1 Å². The van der Waals surface area contributed by atoms with Gasteiger partial charge in [0.15, 0.2) is 0 Å². The highest BCUT2D eigenvalue weighted by Gasteiger charge is 2.57. The van der Waals surface area contributed by atoms with Crippen molar-refractivity contribution in [1.29, 1.82) is 0 Å². The van der Waals surface area contributed by atoms with Crippen molar-refractivity contribution in [1.82, 2.24) is 8.61 Å². The van der Waals surface area contributed by atoms with E-state index in [9.17, 15) is 16.8 Å². The summed E-state index contributed by atoms with van der Waals surface area (Å²) in [6, 6.07) is 16.3. The van der Waals surface area contributed by atoms with Crippen LogP contribution < -0.4 is 0 Å². The molecule has 1 saturated heterocycles. The third-order valence-electron chi connectivity index (χ3n) is 5.28. The summed E-state index contributed by atoms with van der Waals surface area (Å²) in [5, 5.41) is 0. The maximum Gasteiger partial charge on any atom is 0.244 e. The van der Waals surface area contributed by atoms with E-state index in [1.807, 2.05) is 42.5 Å². The lowest BCUT2D eigenvalue weighted by Gasteiger charge is -2.34. The fourth-order valence-electron chi connectivity index (χ4n) is 4.01. The Kier molecular flexibility index (Phi) is 4.00. The molecule has 0 aromatic heterocycles. The van der Waals surface area contributed by atoms with Gasteiger partial charge in [0.05, 0.1) is 16.7 Å². The predicted molar refractivity (Wildman–Crippen MR) is 98.3 cm³/mol. The zero-order valence-corrected chi connectivity index (χ0v) is 16.0.